The zero-order chi connectivity index (χ0) is 23.6. The number of para-hydroxylation sites is 1. The smallest absolute Gasteiger partial charge is 0.258 e. The van der Waals surface area contributed by atoms with Gasteiger partial charge < -0.3 is 19.7 Å². The summed E-state index contributed by atoms with van der Waals surface area (Å²) in [4.78, 5) is 26.7. The Kier molecular flexibility index (Phi) is 8.51. The van der Waals surface area contributed by atoms with Gasteiger partial charge in [0.25, 0.3) is 11.8 Å². The summed E-state index contributed by atoms with van der Waals surface area (Å²) in [6.07, 6.45) is 0. The molecule has 33 heavy (non-hydrogen) atoms. The molecule has 0 bridgehead atoms. The van der Waals surface area contributed by atoms with E-state index in [4.69, 9.17) is 21.7 Å². The number of nitrogens with zero attached hydrogens (tertiary/aromatic N) is 1. The highest BCUT2D eigenvalue weighted by Crippen LogP contribution is 2.17. The lowest BCUT2D eigenvalue weighted by Crippen LogP contribution is -2.34. The van der Waals surface area contributed by atoms with Crippen LogP contribution in [-0.2, 0) is 4.74 Å². The molecule has 2 N–H and O–H groups in total. The van der Waals surface area contributed by atoms with E-state index in [0.29, 0.717) is 35.8 Å². The fourth-order valence-corrected chi connectivity index (χ4v) is 3.15. The van der Waals surface area contributed by atoms with Crippen LogP contribution in [0, 0.1) is 0 Å². The maximum atomic E-state index is 12.7. The largest absolute Gasteiger partial charge is 0.491 e. The molecule has 0 aliphatic carbocycles. The highest BCUT2D eigenvalue weighted by atomic mass is 32.1. The van der Waals surface area contributed by atoms with Crippen LogP contribution in [0.25, 0.3) is 0 Å². The van der Waals surface area contributed by atoms with E-state index in [0.717, 1.165) is 5.69 Å². The van der Waals surface area contributed by atoms with Crippen LogP contribution in [0.2, 0.25) is 0 Å². The second-order valence-electron chi connectivity index (χ2n) is 7.05. The molecule has 0 heterocycles. The van der Waals surface area contributed by atoms with Crippen molar-refractivity contribution in [3.05, 3.63) is 90.0 Å². The molecule has 2 amide bonds. The number of benzene rings is 3. The van der Waals surface area contributed by atoms with Crippen molar-refractivity contribution in [3.63, 3.8) is 0 Å². The molecule has 3 rings (SSSR count). The van der Waals surface area contributed by atoms with E-state index in [1.54, 1.807) is 67.6 Å². The Bertz CT molecular complexity index is 1090. The number of nitrogens with one attached hydrogen (secondary N) is 2. The predicted octanol–water partition coefficient (Wildman–Crippen LogP) is 4.12. The number of carbonyl (C=O) groups is 2. The fraction of sp³-hybridized carbons (Fsp3) is 0.160. The van der Waals surface area contributed by atoms with Crippen LogP contribution in [0.3, 0.4) is 0 Å². The second-order valence-corrected chi connectivity index (χ2v) is 7.46. The molecule has 0 spiro atoms. The second kappa shape index (κ2) is 11.8. The Morgan fingerprint density at radius 3 is 2.15 bits per heavy atom. The summed E-state index contributed by atoms with van der Waals surface area (Å²) in [6.45, 7) is 0.921. The first-order chi connectivity index (χ1) is 16.0. The van der Waals surface area contributed by atoms with Crippen LogP contribution in [0.1, 0.15) is 20.7 Å². The average molecular weight is 464 g/mol. The van der Waals surface area contributed by atoms with Gasteiger partial charge in [0.15, 0.2) is 5.11 Å². The van der Waals surface area contributed by atoms with E-state index < -0.39 is 0 Å². The van der Waals surface area contributed by atoms with Gasteiger partial charge >= 0.3 is 0 Å². The summed E-state index contributed by atoms with van der Waals surface area (Å²) in [7, 11) is 3.33. The van der Waals surface area contributed by atoms with Crippen molar-refractivity contribution in [1.29, 1.82) is 0 Å². The van der Waals surface area contributed by atoms with Crippen molar-refractivity contribution >= 4 is 40.5 Å². The lowest BCUT2D eigenvalue weighted by Gasteiger charge is -2.17. The Morgan fingerprint density at radius 2 is 1.52 bits per heavy atom. The fourth-order valence-electron chi connectivity index (χ4n) is 2.94. The van der Waals surface area contributed by atoms with Gasteiger partial charge in [0.1, 0.15) is 12.4 Å². The SMILES string of the molecule is COCCOc1ccc(C(=O)NC(=S)Nc2ccc(C(=O)N(C)c3ccccc3)cc2)cc1. The summed E-state index contributed by atoms with van der Waals surface area (Å²) in [5.41, 5.74) is 2.45. The predicted molar refractivity (Wildman–Crippen MR) is 133 cm³/mol. The summed E-state index contributed by atoms with van der Waals surface area (Å²) in [5.74, 6) is 0.183. The monoisotopic (exact) mass is 463 g/mol. The summed E-state index contributed by atoms with van der Waals surface area (Å²) in [6, 6.07) is 23.0. The molecule has 3 aromatic carbocycles. The maximum absolute atomic E-state index is 12.7. The Balaban J connectivity index is 1.53. The van der Waals surface area contributed by atoms with Crippen molar-refractivity contribution in [2.24, 2.45) is 0 Å². The quantitative estimate of drug-likeness (QED) is 0.387. The van der Waals surface area contributed by atoms with E-state index in [2.05, 4.69) is 10.6 Å². The van der Waals surface area contributed by atoms with Gasteiger partial charge in [0.05, 0.1) is 6.61 Å². The zero-order valence-corrected chi connectivity index (χ0v) is 19.2. The van der Waals surface area contributed by atoms with Gasteiger partial charge in [-0.05, 0) is 72.9 Å². The Labute approximate surface area is 198 Å². The van der Waals surface area contributed by atoms with Crippen LogP contribution in [0.4, 0.5) is 11.4 Å². The number of rotatable bonds is 8. The molecule has 0 atom stereocenters. The molecule has 0 fully saturated rings. The first-order valence-corrected chi connectivity index (χ1v) is 10.7. The summed E-state index contributed by atoms with van der Waals surface area (Å²) in [5, 5.41) is 5.74. The molecule has 0 aromatic heterocycles. The standard InChI is InChI=1S/C25H25N3O4S/c1-28(21-6-4-3-5-7-21)24(30)19-8-12-20(13-9-19)26-25(33)27-23(29)18-10-14-22(15-11-18)32-17-16-31-2/h3-15H,16-17H2,1-2H3,(H2,26,27,29,33). The minimum absolute atomic E-state index is 0.127. The van der Waals surface area contributed by atoms with Crippen LogP contribution in [0.15, 0.2) is 78.9 Å². The molecule has 8 heteroatoms. The molecule has 3 aromatic rings. The van der Waals surface area contributed by atoms with Gasteiger partial charge in [0, 0.05) is 36.7 Å². The maximum Gasteiger partial charge on any atom is 0.258 e. The van der Waals surface area contributed by atoms with Crippen LogP contribution < -0.4 is 20.3 Å². The lowest BCUT2D eigenvalue weighted by atomic mass is 10.1. The number of ether oxygens (including phenoxy) is 2. The number of hydrogen-bond donors (Lipinski definition) is 2. The van der Waals surface area contributed by atoms with Gasteiger partial charge in [-0.25, -0.2) is 0 Å². The minimum atomic E-state index is -0.341. The Morgan fingerprint density at radius 1 is 0.879 bits per heavy atom. The van der Waals surface area contributed by atoms with Crippen molar-refractivity contribution in [3.8, 4) is 5.75 Å². The van der Waals surface area contributed by atoms with Gasteiger partial charge in [-0.15, -0.1) is 0 Å². The van der Waals surface area contributed by atoms with E-state index in [-0.39, 0.29) is 16.9 Å². The highest BCUT2D eigenvalue weighted by Gasteiger charge is 2.13. The van der Waals surface area contributed by atoms with Crippen LogP contribution in [0.5, 0.6) is 5.75 Å². The molecule has 7 nitrogen and oxygen atoms in total. The van der Waals surface area contributed by atoms with E-state index in [9.17, 15) is 9.59 Å². The van der Waals surface area contributed by atoms with Crippen molar-refractivity contribution in [2.75, 3.05) is 37.6 Å². The number of anilines is 2. The third-order valence-electron chi connectivity index (χ3n) is 4.74. The molecule has 0 radical (unpaired) electrons. The third kappa shape index (κ3) is 6.86. The first kappa shape index (κ1) is 23.9. The topological polar surface area (TPSA) is 79.9 Å². The van der Waals surface area contributed by atoms with Gasteiger partial charge in [-0.3, -0.25) is 14.9 Å². The number of carbonyl (C=O) groups excluding carboxylic acids is 2. The molecule has 170 valence electrons. The van der Waals surface area contributed by atoms with E-state index in [1.807, 2.05) is 30.3 Å². The summed E-state index contributed by atoms with van der Waals surface area (Å²) < 4.78 is 10.4. The van der Waals surface area contributed by atoms with Crippen LogP contribution in [-0.4, -0.2) is 44.3 Å². The number of hydrogen-bond acceptors (Lipinski definition) is 5. The van der Waals surface area contributed by atoms with Crippen LogP contribution >= 0.6 is 12.2 Å². The van der Waals surface area contributed by atoms with Gasteiger partial charge in [-0.2, -0.15) is 0 Å². The van der Waals surface area contributed by atoms with E-state index in [1.165, 1.54) is 0 Å². The van der Waals surface area contributed by atoms with Crippen molar-refractivity contribution in [1.82, 2.24) is 5.32 Å². The number of methoxy groups -OCH3 is 1. The molecule has 0 saturated carbocycles. The molecular formula is C25H25N3O4S. The first-order valence-electron chi connectivity index (χ1n) is 10.2. The normalized spacial score (nSPS) is 10.2. The molecule has 0 aliphatic rings. The number of amides is 2. The van der Waals surface area contributed by atoms with Gasteiger partial charge in [-0.1, -0.05) is 18.2 Å². The molecular weight excluding hydrogens is 438 g/mol. The lowest BCUT2D eigenvalue weighted by molar-refractivity contribution is 0.0974. The number of thiocarbonyl (C=S) groups is 1. The van der Waals surface area contributed by atoms with Crippen molar-refractivity contribution < 1.29 is 19.1 Å². The molecule has 0 saturated heterocycles. The minimum Gasteiger partial charge on any atom is -0.491 e. The van der Waals surface area contributed by atoms with E-state index >= 15 is 0 Å². The summed E-state index contributed by atoms with van der Waals surface area (Å²) >= 11 is 5.24. The molecule has 0 aliphatic heterocycles. The zero-order valence-electron chi connectivity index (χ0n) is 18.4. The van der Waals surface area contributed by atoms with Crippen molar-refractivity contribution in [2.45, 2.75) is 0 Å². The average Bonchev–Trinajstić information content (AvgIpc) is 2.84. The Hall–Kier alpha value is -3.75. The highest BCUT2D eigenvalue weighted by molar-refractivity contribution is 7.80. The third-order valence-corrected chi connectivity index (χ3v) is 4.94. The van der Waals surface area contributed by atoms with Gasteiger partial charge in [0.2, 0.25) is 0 Å². The molecule has 0 unspecified atom stereocenters.